The third kappa shape index (κ3) is 3.42. The highest BCUT2D eigenvalue weighted by atomic mass is 35.5. The minimum atomic E-state index is -0.702. The lowest BCUT2D eigenvalue weighted by molar-refractivity contribution is -0.393. The van der Waals surface area contributed by atoms with Gasteiger partial charge in [0.2, 0.25) is 0 Å². The Balaban J connectivity index is 3.08. The fourth-order valence-corrected chi connectivity index (χ4v) is 1.19. The Labute approximate surface area is 101 Å². The summed E-state index contributed by atoms with van der Waals surface area (Å²) in [4.78, 5) is 19.8. The minimum absolute atomic E-state index is 0.139. The summed E-state index contributed by atoms with van der Waals surface area (Å²) in [7, 11) is 0. The number of hydrogen-bond donors (Lipinski definition) is 1. The van der Waals surface area contributed by atoms with Gasteiger partial charge in [-0.3, -0.25) is 20.2 Å². The molecule has 0 bridgehead atoms. The van der Waals surface area contributed by atoms with Crippen LogP contribution in [0.1, 0.15) is 0 Å². The van der Waals surface area contributed by atoms with Crippen molar-refractivity contribution in [3.8, 4) is 0 Å². The molecule has 0 unspecified atom stereocenters. The Morgan fingerprint density at radius 2 is 2.00 bits per heavy atom. The number of anilines is 1. The zero-order valence-corrected chi connectivity index (χ0v) is 9.31. The summed E-state index contributed by atoms with van der Waals surface area (Å²) in [5.41, 5.74) is -0.563. The van der Waals surface area contributed by atoms with Crippen molar-refractivity contribution in [3.63, 3.8) is 0 Å². The van der Waals surface area contributed by atoms with Crippen LogP contribution < -0.4 is 5.32 Å². The molecule has 0 aliphatic heterocycles. The largest absolute Gasteiger partial charge is 0.375 e. The highest BCUT2D eigenvalue weighted by Crippen LogP contribution is 2.28. The summed E-state index contributed by atoms with van der Waals surface area (Å²) in [5, 5.41) is 24.1. The summed E-state index contributed by atoms with van der Waals surface area (Å²) in [6, 6.07) is 3.32. The molecule has 0 aromatic heterocycles. The van der Waals surface area contributed by atoms with E-state index >= 15 is 0 Å². The summed E-state index contributed by atoms with van der Waals surface area (Å²) < 4.78 is 0. The lowest BCUT2D eigenvalue weighted by atomic mass is 10.2. The smallest absolute Gasteiger partial charge is 0.299 e. The zero-order valence-electron chi connectivity index (χ0n) is 8.55. The van der Waals surface area contributed by atoms with Crippen molar-refractivity contribution in [2.45, 2.75) is 0 Å². The molecular weight excluding hydrogens is 250 g/mol. The van der Waals surface area contributed by atoms with E-state index in [1.165, 1.54) is 12.1 Å². The summed E-state index contributed by atoms with van der Waals surface area (Å²) in [5.74, 6) is 0. The Morgan fingerprint density at radius 1 is 1.35 bits per heavy atom. The van der Waals surface area contributed by atoms with Gasteiger partial charge in [0, 0.05) is 11.1 Å². The van der Waals surface area contributed by atoms with Crippen LogP contribution in [0.25, 0.3) is 0 Å². The number of rotatable bonds is 5. The van der Waals surface area contributed by atoms with Crippen LogP contribution in [0.5, 0.6) is 0 Å². The van der Waals surface area contributed by atoms with Gasteiger partial charge in [0.1, 0.15) is 5.69 Å². The Bertz CT molecular complexity index is 489. The second kappa shape index (κ2) is 5.26. The third-order valence-corrected chi connectivity index (χ3v) is 1.99. The van der Waals surface area contributed by atoms with Gasteiger partial charge in [-0.15, -0.1) is 0 Å². The maximum absolute atomic E-state index is 10.7. The Hall–Kier alpha value is -2.15. The normalized spacial score (nSPS) is 9.71. The van der Waals surface area contributed by atoms with Crippen molar-refractivity contribution in [2.24, 2.45) is 0 Å². The number of halogens is 1. The number of nitro groups is 2. The molecule has 0 radical (unpaired) electrons. The van der Waals surface area contributed by atoms with Crippen LogP contribution in [0, 0.1) is 20.2 Å². The van der Waals surface area contributed by atoms with E-state index in [2.05, 4.69) is 11.9 Å². The first-order chi connectivity index (χ1) is 7.91. The summed E-state index contributed by atoms with van der Waals surface area (Å²) in [6.45, 7) is 3.55. The van der Waals surface area contributed by atoms with E-state index in [1.807, 2.05) is 0 Å². The number of nitrogens with zero attached hydrogens (tertiary/aromatic N) is 2. The standard InChI is InChI=1S/C9H8ClN3O4/c1-6(10)5-11-8-3-2-7(12(14)15)4-9(8)13(16)17/h2-4,11H,1,5H2. The molecule has 8 heteroatoms. The predicted octanol–water partition coefficient (Wildman–Crippen LogP) is 2.67. The number of hydrogen-bond acceptors (Lipinski definition) is 5. The predicted molar refractivity (Wildman–Crippen MR) is 63.2 cm³/mol. The maximum Gasteiger partial charge on any atom is 0.299 e. The first-order valence-corrected chi connectivity index (χ1v) is 4.79. The number of nitrogens with one attached hydrogen (secondary N) is 1. The fraction of sp³-hybridized carbons (Fsp3) is 0.111. The first-order valence-electron chi connectivity index (χ1n) is 4.42. The van der Waals surface area contributed by atoms with Gasteiger partial charge in [0.15, 0.2) is 0 Å². The van der Waals surface area contributed by atoms with E-state index < -0.39 is 9.85 Å². The van der Waals surface area contributed by atoms with Gasteiger partial charge in [0.05, 0.1) is 22.5 Å². The molecule has 0 aliphatic rings. The van der Waals surface area contributed by atoms with Crippen LogP contribution in [0.3, 0.4) is 0 Å². The van der Waals surface area contributed by atoms with Gasteiger partial charge < -0.3 is 5.32 Å². The van der Waals surface area contributed by atoms with E-state index in [-0.39, 0.29) is 28.6 Å². The van der Waals surface area contributed by atoms with Crippen molar-refractivity contribution in [1.29, 1.82) is 0 Å². The van der Waals surface area contributed by atoms with Crippen LogP contribution in [0.15, 0.2) is 29.8 Å². The van der Waals surface area contributed by atoms with Crippen LogP contribution in [0.2, 0.25) is 0 Å². The molecule has 0 atom stereocenters. The van der Waals surface area contributed by atoms with Gasteiger partial charge in [-0.05, 0) is 6.07 Å². The van der Waals surface area contributed by atoms with Crippen LogP contribution in [0.4, 0.5) is 17.1 Å². The van der Waals surface area contributed by atoms with Gasteiger partial charge in [-0.1, -0.05) is 18.2 Å². The average molecular weight is 258 g/mol. The van der Waals surface area contributed by atoms with Gasteiger partial charge in [-0.25, -0.2) is 0 Å². The van der Waals surface area contributed by atoms with E-state index in [4.69, 9.17) is 11.6 Å². The molecule has 0 saturated heterocycles. The topological polar surface area (TPSA) is 98.3 Å². The van der Waals surface area contributed by atoms with E-state index in [9.17, 15) is 20.2 Å². The molecule has 0 amide bonds. The monoisotopic (exact) mass is 257 g/mol. The zero-order chi connectivity index (χ0) is 13.0. The number of benzene rings is 1. The van der Waals surface area contributed by atoms with E-state index in [1.54, 1.807) is 0 Å². The van der Waals surface area contributed by atoms with Crippen molar-refractivity contribution >= 4 is 28.7 Å². The number of nitro benzene ring substituents is 2. The van der Waals surface area contributed by atoms with Gasteiger partial charge in [-0.2, -0.15) is 0 Å². The molecule has 0 spiro atoms. The second-order valence-electron chi connectivity index (χ2n) is 3.09. The summed E-state index contributed by atoms with van der Waals surface area (Å²) in [6.07, 6.45) is 0. The third-order valence-electron chi connectivity index (χ3n) is 1.86. The maximum atomic E-state index is 10.7. The quantitative estimate of drug-likeness (QED) is 0.646. The minimum Gasteiger partial charge on any atom is -0.375 e. The van der Waals surface area contributed by atoms with E-state index in [0.717, 1.165) is 6.07 Å². The molecule has 1 aromatic carbocycles. The second-order valence-corrected chi connectivity index (χ2v) is 3.62. The van der Waals surface area contributed by atoms with Gasteiger partial charge >= 0.3 is 0 Å². The fourth-order valence-electron chi connectivity index (χ4n) is 1.13. The number of non-ortho nitro benzene ring substituents is 1. The summed E-state index contributed by atoms with van der Waals surface area (Å²) >= 11 is 5.51. The van der Waals surface area contributed by atoms with Crippen molar-refractivity contribution in [3.05, 3.63) is 50.0 Å². The van der Waals surface area contributed by atoms with Crippen molar-refractivity contribution in [2.75, 3.05) is 11.9 Å². The molecule has 0 aliphatic carbocycles. The van der Waals surface area contributed by atoms with Crippen LogP contribution >= 0.6 is 11.6 Å². The highest BCUT2D eigenvalue weighted by Gasteiger charge is 2.18. The Morgan fingerprint density at radius 3 is 2.47 bits per heavy atom. The molecule has 0 heterocycles. The van der Waals surface area contributed by atoms with Crippen molar-refractivity contribution in [1.82, 2.24) is 0 Å². The molecule has 90 valence electrons. The molecule has 1 N–H and O–H groups in total. The molecule has 0 fully saturated rings. The first kappa shape index (κ1) is 12.9. The molecular formula is C9H8ClN3O4. The molecule has 0 saturated carbocycles. The van der Waals surface area contributed by atoms with E-state index in [0.29, 0.717) is 0 Å². The highest BCUT2D eigenvalue weighted by molar-refractivity contribution is 6.29. The average Bonchev–Trinajstić information content (AvgIpc) is 2.25. The lowest BCUT2D eigenvalue weighted by Crippen LogP contribution is -2.04. The molecule has 1 rings (SSSR count). The van der Waals surface area contributed by atoms with Crippen LogP contribution in [-0.2, 0) is 0 Å². The Kier molecular flexibility index (Phi) is 4.00. The van der Waals surface area contributed by atoms with Crippen molar-refractivity contribution < 1.29 is 9.85 Å². The van der Waals surface area contributed by atoms with Gasteiger partial charge in [0.25, 0.3) is 11.4 Å². The molecule has 7 nitrogen and oxygen atoms in total. The van der Waals surface area contributed by atoms with Crippen LogP contribution in [-0.4, -0.2) is 16.4 Å². The molecule has 1 aromatic rings. The molecule has 17 heavy (non-hydrogen) atoms. The SMILES string of the molecule is C=C(Cl)CNc1ccc([N+](=O)[O-])cc1[N+](=O)[O-]. The lowest BCUT2D eigenvalue weighted by Gasteiger charge is -2.05.